The van der Waals surface area contributed by atoms with Gasteiger partial charge in [-0.05, 0) is 30.5 Å². The fourth-order valence-electron chi connectivity index (χ4n) is 3.03. The average molecular weight is 369 g/mol. The van der Waals surface area contributed by atoms with Crippen molar-refractivity contribution in [1.82, 2.24) is 9.97 Å². The van der Waals surface area contributed by atoms with Crippen LogP contribution in [0.5, 0.6) is 5.75 Å². The Hall–Kier alpha value is -2.85. The molecule has 7 heteroatoms. The van der Waals surface area contributed by atoms with Crippen LogP contribution in [-0.4, -0.2) is 34.8 Å². The molecule has 1 aromatic carbocycles. The first-order chi connectivity index (χ1) is 13.0. The minimum Gasteiger partial charge on any atom is -0.496 e. The Morgan fingerprint density at radius 3 is 2.78 bits per heavy atom. The third-order valence-electron chi connectivity index (χ3n) is 4.43. The van der Waals surface area contributed by atoms with E-state index in [-0.39, 0.29) is 18.6 Å². The zero-order valence-corrected chi connectivity index (χ0v) is 16.1. The monoisotopic (exact) mass is 369 g/mol. The maximum Gasteiger partial charge on any atom is 0.222 e. The van der Waals surface area contributed by atoms with E-state index in [9.17, 15) is 5.11 Å². The van der Waals surface area contributed by atoms with Crippen molar-refractivity contribution >= 4 is 11.8 Å². The first-order valence-corrected chi connectivity index (χ1v) is 9.05. The van der Waals surface area contributed by atoms with Gasteiger partial charge in [-0.3, -0.25) is 0 Å². The van der Waals surface area contributed by atoms with E-state index in [4.69, 9.17) is 15.7 Å². The first-order valence-electron chi connectivity index (χ1n) is 9.05. The van der Waals surface area contributed by atoms with Gasteiger partial charge in [-0.25, -0.2) is 4.98 Å². The zero-order valence-electron chi connectivity index (χ0n) is 16.1. The van der Waals surface area contributed by atoms with Gasteiger partial charge in [0.05, 0.1) is 32.2 Å². The second-order valence-electron chi connectivity index (χ2n) is 6.46. The Bertz CT molecular complexity index is 817. The number of nitriles is 1. The smallest absolute Gasteiger partial charge is 0.222 e. The number of nitrogen functional groups attached to an aromatic ring is 1. The molecular weight excluding hydrogens is 342 g/mol. The number of aliphatic hydroxyl groups excluding tert-OH is 1. The van der Waals surface area contributed by atoms with Crippen molar-refractivity contribution in [2.24, 2.45) is 0 Å². The maximum atomic E-state index is 9.62. The maximum absolute atomic E-state index is 9.62. The van der Waals surface area contributed by atoms with Gasteiger partial charge in [0, 0.05) is 17.7 Å². The van der Waals surface area contributed by atoms with E-state index in [1.165, 1.54) is 0 Å². The molecule has 4 N–H and O–H groups in total. The quantitative estimate of drug-likeness (QED) is 0.622. The minimum atomic E-state index is -0.0950. The summed E-state index contributed by atoms with van der Waals surface area (Å²) in [5.74, 6) is 1.55. The van der Waals surface area contributed by atoms with E-state index in [1.807, 2.05) is 25.1 Å². The standard InChI is InChI=1S/C20H27N5O2/c1-4-5-16(12-26)24-19-17(13(2)23-20(22)25-19)11-15-7-6-14(8-9-21)10-18(15)27-3/h6-7,10,16,26H,4-5,8,11-12H2,1-3H3,(H3,22,23,24,25)/t16-/m0/s1. The van der Waals surface area contributed by atoms with Gasteiger partial charge >= 0.3 is 0 Å². The topological polar surface area (TPSA) is 117 Å². The number of aryl methyl sites for hydroxylation is 1. The van der Waals surface area contributed by atoms with E-state index in [0.717, 1.165) is 41.0 Å². The van der Waals surface area contributed by atoms with E-state index < -0.39 is 0 Å². The van der Waals surface area contributed by atoms with E-state index in [0.29, 0.717) is 18.7 Å². The average Bonchev–Trinajstić information content (AvgIpc) is 2.65. The number of nitrogens with zero attached hydrogens (tertiary/aromatic N) is 3. The van der Waals surface area contributed by atoms with Crippen LogP contribution in [0.25, 0.3) is 0 Å². The van der Waals surface area contributed by atoms with Crippen LogP contribution in [0.1, 0.15) is 42.1 Å². The Morgan fingerprint density at radius 1 is 1.37 bits per heavy atom. The van der Waals surface area contributed by atoms with Crippen molar-refractivity contribution < 1.29 is 9.84 Å². The molecular formula is C20H27N5O2. The van der Waals surface area contributed by atoms with Crippen LogP contribution < -0.4 is 15.8 Å². The van der Waals surface area contributed by atoms with Crippen molar-refractivity contribution in [3.8, 4) is 11.8 Å². The molecule has 27 heavy (non-hydrogen) atoms. The van der Waals surface area contributed by atoms with Crippen molar-refractivity contribution in [1.29, 1.82) is 5.26 Å². The van der Waals surface area contributed by atoms with Crippen molar-refractivity contribution in [3.05, 3.63) is 40.6 Å². The lowest BCUT2D eigenvalue weighted by Crippen LogP contribution is -2.25. The summed E-state index contributed by atoms with van der Waals surface area (Å²) in [6.45, 7) is 3.98. The summed E-state index contributed by atoms with van der Waals surface area (Å²) in [7, 11) is 1.61. The summed E-state index contributed by atoms with van der Waals surface area (Å²) in [6.07, 6.45) is 2.66. The molecule has 0 bridgehead atoms. The number of aromatic nitrogens is 2. The summed E-state index contributed by atoms with van der Waals surface area (Å²) in [5.41, 5.74) is 9.40. The number of aliphatic hydroxyl groups is 1. The van der Waals surface area contributed by atoms with Crippen LogP contribution in [0.4, 0.5) is 11.8 Å². The number of rotatable bonds is 9. The number of benzene rings is 1. The third kappa shape index (κ3) is 5.31. The molecule has 0 fully saturated rings. The lowest BCUT2D eigenvalue weighted by Gasteiger charge is -2.20. The van der Waals surface area contributed by atoms with Gasteiger partial charge in [-0.1, -0.05) is 25.5 Å². The molecule has 1 atom stereocenters. The molecule has 1 heterocycles. The van der Waals surface area contributed by atoms with Crippen LogP contribution >= 0.6 is 0 Å². The van der Waals surface area contributed by atoms with Gasteiger partial charge in [-0.2, -0.15) is 10.2 Å². The normalized spacial score (nSPS) is 11.7. The van der Waals surface area contributed by atoms with Gasteiger partial charge in [0.25, 0.3) is 0 Å². The van der Waals surface area contributed by atoms with Crippen LogP contribution in [0, 0.1) is 18.3 Å². The lowest BCUT2D eigenvalue weighted by atomic mass is 10.0. The van der Waals surface area contributed by atoms with Crippen LogP contribution in [0.2, 0.25) is 0 Å². The lowest BCUT2D eigenvalue weighted by molar-refractivity contribution is 0.268. The van der Waals surface area contributed by atoms with Crippen LogP contribution in [0.15, 0.2) is 18.2 Å². The summed E-state index contributed by atoms with van der Waals surface area (Å²) in [4.78, 5) is 8.66. The molecule has 7 nitrogen and oxygen atoms in total. The number of hydrogen-bond acceptors (Lipinski definition) is 7. The van der Waals surface area contributed by atoms with Gasteiger partial charge in [-0.15, -0.1) is 0 Å². The third-order valence-corrected chi connectivity index (χ3v) is 4.43. The SMILES string of the molecule is CCC[C@@H](CO)Nc1nc(N)nc(C)c1Cc1ccc(CC#N)cc1OC. The molecule has 0 spiro atoms. The number of ether oxygens (including phenoxy) is 1. The molecule has 144 valence electrons. The van der Waals surface area contributed by atoms with E-state index in [1.54, 1.807) is 7.11 Å². The molecule has 1 aromatic heterocycles. The molecule has 0 saturated carbocycles. The van der Waals surface area contributed by atoms with Gasteiger partial charge in [0.15, 0.2) is 0 Å². The first kappa shape index (κ1) is 20.5. The van der Waals surface area contributed by atoms with E-state index >= 15 is 0 Å². The largest absolute Gasteiger partial charge is 0.496 e. The molecule has 2 aromatic rings. The molecule has 0 amide bonds. The number of nitrogens with two attached hydrogens (primary N) is 1. The second kappa shape index (κ2) is 9.74. The van der Waals surface area contributed by atoms with Crippen LogP contribution in [0.3, 0.4) is 0 Å². The summed E-state index contributed by atoms with van der Waals surface area (Å²) in [6, 6.07) is 7.82. The highest BCUT2D eigenvalue weighted by atomic mass is 16.5. The molecule has 0 aliphatic rings. The fraction of sp³-hybridized carbons (Fsp3) is 0.450. The van der Waals surface area contributed by atoms with E-state index in [2.05, 4.69) is 28.3 Å². The van der Waals surface area contributed by atoms with Crippen LogP contribution in [-0.2, 0) is 12.8 Å². The summed E-state index contributed by atoms with van der Waals surface area (Å²) < 4.78 is 5.51. The van der Waals surface area contributed by atoms with Gasteiger partial charge in [0.2, 0.25) is 5.95 Å². The highest BCUT2D eigenvalue weighted by molar-refractivity contribution is 5.54. The molecule has 0 radical (unpaired) electrons. The molecule has 0 unspecified atom stereocenters. The summed E-state index contributed by atoms with van der Waals surface area (Å²) >= 11 is 0. The number of hydrogen-bond donors (Lipinski definition) is 3. The number of nitrogens with one attached hydrogen (secondary N) is 1. The molecule has 0 aliphatic heterocycles. The predicted molar refractivity (Wildman–Crippen MR) is 106 cm³/mol. The van der Waals surface area contributed by atoms with Crippen molar-refractivity contribution in [2.45, 2.75) is 45.6 Å². The molecule has 0 aliphatic carbocycles. The Balaban J connectivity index is 2.39. The highest BCUT2D eigenvalue weighted by Gasteiger charge is 2.17. The number of methoxy groups -OCH3 is 1. The summed E-state index contributed by atoms with van der Waals surface area (Å²) in [5, 5.41) is 21.8. The molecule has 0 saturated heterocycles. The Kier molecular flexibility index (Phi) is 7.38. The van der Waals surface area contributed by atoms with Gasteiger partial charge in [0.1, 0.15) is 11.6 Å². The second-order valence-corrected chi connectivity index (χ2v) is 6.46. The predicted octanol–water partition coefficient (Wildman–Crippen LogP) is 2.61. The zero-order chi connectivity index (χ0) is 19.8. The highest BCUT2D eigenvalue weighted by Crippen LogP contribution is 2.28. The Morgan fingerprint density at radius 2 is 2.15 bits per heavy atom. The molecule has 2 rings (SSSR count). The Labute approximate surface area is 160 Å². The van der Waals surface area contributed by atoms with Crippen molar-refractivity contribution in [2.75, 3.05) is 24.8 Å². The fourth-order valence-corrected chi connectivity index (χ4v) is 3.03. The minimum absolute atomic E-state index is 0.0163. The van der Waals surface area contributed by atoms with Gasteiger partial charge < -0.3 is 20.9 Å². The number of anilines is 2. The van der Waals surface area contributed by atoms with Crippen molar-refractivity contribution in [3.63, 3.8) is 0 Å².